The number of nitrogens with two attached hydrogens (primary N) is 1. The average Bonchev–Trinajstić information content (AvgIpc) is 0.949. The highest BCUT2D eigenvalue weighted by atomic mass is 33.1. The van der Waals surface area contributed by atoms with Gasteiger partial charge in [-0.05, 0) is 135 Å². The monoisotopic (exact) mass is 1690 g/mol. The van der Waals surface area contributed by atoms with Gasteiger partial charge in [-0.3, -0.25) is 38.4 Å². The van der Waals surface area contributed by atoms with E-state index in [1.807, 2.05) is 109 Å². The summed E-state index contributed by atoms with van der Waals surface area (Å²) in [5, 5.41) is 39.1. The van der Waals surface area contributed by atoms with Crippen LogP contribution in [0, 0.1) is 5.92 Å². The Morgan fingerprint density at radius 1 is 0.533 bits per heavy atom. The van der Waals surface area contributed by atoms with Crippen LogP contribution in [-0.4, -0.2) is 152 Å². The van der Waals surface area contributed by atoms with Crippen LogP contribution in [0.5, 0.6) is 5.75 Å². The lowest BCUT2D eigenvalue weighted by Crippen LogP contribution is -2.62. The molecule has 14 N–H and O–H groups in total. The number of H-pyrrole nitrogens is 2. The predicted octanol–water partition coefficient (Wildman–Crippen LogP) is 13.2. The number of rotatable bonds is 37. The molecule has 23 nitrogen and oxygen atoms in total. The molecule has 0 radical (unpaired) electrons. The molecule has 10 rings (SSSR count). The molecule has 0 saturated carbocycles. The molecule has 1 fully saturated rings. The first-order valence-electron chi connectivity index (χ1n) is 42.1. The van der Waals surface area contributed by atoms with Gasteiger partial charge in [0.05, 0.1) is 10.8 Å². The van der Waals surface area contributed by atoms with Crippen LogP contribution in [0.1, 0.15) is 164 Å². The summed E-state index contributed by atoms with van der Waals surface area (Å²) >= 11 is 1.93. The summed E-state index contributed by atoms with van der Waals surface area (Å²) in [5.41, 5.74) is 12.9. The molecule has 9 amide bonds. The smallest absolute Gasteiger partial charge is 0.407 e. The first-order chi connectivity index (χ1) is 57.9. The number of phenols is 1. The van der Waals surface area contributed by atoms with Crippen molar-refractivity contribution in [2.45, 2.75) is 215 Å². The van der Waals surface area contributed by atoms with Crippen LogP contribution in [-0.2, 0) is 73.5 Å². The van der Waals surface area contributed by atoms with Crippen molar-refractivity contribution in [1.82, 2.24) is 57.8 Å². The maximum Gasteiger partial charge on any atom is 0.407 e. The van der Waals surface area contributed by atoms with E-state index in [2.05, 4.69) is 138 Å². The number of aromatic nitrogens is 2. The van der Waals surface area contributed by atoms with Crippen LogP contribution in [0.2, 0.25) is 0 Å². The number of benzene rings is 7. The van der Waals surface area contributed by atoms with Gasteiger partial charge in [0.2, 0.25) is 47.3 Å². The minimum atomic E-state index is -1.47. The first-order valence-corrected chi connectivity index (χ1v) is 45.4. The highest BCUT2D eigenvalue weighted by Crippen LogP contribution is 2.51. The number of para-hydroxylation sites is 2. The van der Waals surface area contributed by atoms with Crippen molar-refractivity contribution in [1.29, 1.82) is 0 Å². The Labute approximate surface area is 716 Å². The van der Waals surface area contributed by atoms with Gasteiger partial charge in [0.1, 0.15) is 53.6 Å². The van der Waals surface area contributed by atoms with E-state index in [4.69, 9.17) is 10.5 Å². The molecule has 3 heterocycles. The number of carbonyl (C=O) groups excluding carboxylic acids is 9. The highest BCUT2D eigenvalue weighted by Gasteiger charge is 2.41. The molecular formula is C94H118N12O11S3. The zero-order valence-electron chi connectivity index (χ0n) is 69.6. The van der Waals surface area contributed by atoms with Crippen LogP contribution >= 0.6 is 33.3 Å². The molecule has 9 atom stereocenters. The van der Waals surface area contributed by atoms with Crippen LogP contribution in [0.4, 0.5) is 4.79 Å². The number of carbonyl (C=O) groups is 9. The Morgan fingerprint density at radius 2 is 1.06 bits per heavy atom. The van der Waals surface area contributed by atoms with Gasteiger partial charge >= 0.3 is 6.09 Å². The third kappa shape index (κ3) is 27.5. The zero-order valence-corrected chi connectivity index (χ0v) is 72.0. The zero-order chi connectivity index (χ0) is 85.4. The number of aromatic amines is 2. The van der Waals surface area contributed by atoms with Gasteiger partial charge in [0, 0.05) is 76.8 Å². The number of phenolic OH excluding ortho intramolecular Hbond substituents is 1. The largest absolute Gasteiger partial charge is 0.508 e. The van der Waals surface area contributed by atoms with Crippen molar-refractivity contribution in [3.8, 4) is 5.75 Å². The lowest BCUT2D eigenvalue weighted by Gasteiger charge is -2.38. The summed E-state index contributed by atoms with van der Waals surface area (Å²) in [4.78, 5) is 141. The van der Waals surface area contributed by atoms with E-state index < -0.39 is 118 Å². The molecule has 1 aliphatic heterocycles. The van der Waals surface area contributed by atoms with E-state index in [0.717, 1.165) is 91.3 Å². The van der Waals surface area contributed by atoms with E-state index in [1.54, 1.807) is 59.1 Å². The third-order valence-corrected chi connectivity index (χ3v) is 25.8. The quantitative estimate of drug-likeness (QED) is 0.00978. The number of alkyl carbamates (subject to hydrolysis) is 1. The summed E-state index contributed by atoms with van der Waals surface area (Å²) in [6, 6.07) is 51.7. The van der Waals surface area contributed by atoms with Gasteiger partial charge in [-0.2, -0.15) is 0 Å². The lowest BCUT2D eigenvalue weighted by atomic mass is 9.84. The molecule has 9 aromatic rings. The second-order valence-electron chi connectivity index (χ2n) is 32.3. The van der Waals surface area contributed by atoms with E-state index >= 15 is 33.6 Å². The fourth-order valence-electron chi connectivity index (χ4n) is 15.1. The SMILES string of the molecule is CCCCCCCCCCC(CCN[C@H](Cc1ccccc1)C(=O)N[C@H]1CSSC[C@@H](C(=O)N[C@@H](Cc2c[nH]c3ccccc23)C(N)=O)NC(=O)[C@H](C(C)C)NC(=O)[C@H](CCCCNC(=O)OC(C)(C)C)NC(=O)[C@@H](Cc2c[nH]c3ccccc23)NC(=O)[C@H](Cc2ccc(O)cc2)NC1=O)SC(c1ccccc1)(c1ccccc1)c1ccccc1. The number of primary amides is 1. The number of unbranched alkanes of at least 4 members (excludes halogenated alkanes) is 8. The molecule has 120 heavy (non-hydrogen) atoms. The number of nitrogens with one attached hydrogen (secondary N) is 11. The Kier molecular flexibility index (Phi) is 35.4. The standard InChI is InChI=1S/C94H118N12O11S3/c1-7-8-9-10-11-12-13-26-41-71(120-94(67-35-20-15-21-36-67,68-37-22-16-23-38-68)69-39-24-17-25-40-69)51-53-96-78(54-63-33-18-14-19-34-63)86(110)104-81-60-118-119-61-82(89(113)101-77(84(95)108)56-65-58-98-74-44-29-27-42-72(65)74)105-91(115)83(62(2)3)106-85(109)76(46-31-32-52-97-92(116)117-93(4,5)6)100-88(112)80(57-66-59-99-75-45-30-28-43-73(66)75)103-87(111)79(102-90(81)114)55-64-47-49-70(107)50-48-64/h14-25,27-30,33-40,42-45,47-50,58-59,62,71,76-83,96,98-99,107H,7-13,26,31-32,41,46,51-57,60-61H2,1-6H3,(H2,95,108)(H,97,116)(H,100,112)(H,101,113)(H,102,114)(H,103,111)(H,104,110)(H,105,115)(H,106,109)/t71?,76-,77-,78+,79-,80+,81-,82-,83-/m0/s1. The number of amides is 9. The highest BCUT2D eigenvalue weighted by molar-refractivity contribution is 8.76. The number of aromatic hydroxyl groups is 1. The van der Waals surface area contributed by atoms with Gasteiger partial charge in [-0.1, -0.05) is 264 Å². The number of hydrogen-bond donors (Lipinski definition) is 13. The van der Waals surface area contributed by atoms with Crippen molar-refractivity contribution in [2.24, 2.45) is 11.7 Å². The molecular weight excluding hydrogens is 1570 g/mol. The minimum absolute atomic E-state index is 0.0240. The molecule has 0 bridgehead atoms. The topological polar surface area (TPSA) is 349 Å². The number of fused-ring (bicyclic) bond motifs is 2. The molecule has 26 heteroatoms. The predicted molar refractivity (Wildman–Crippen MR) is 481 cm³/mol. The van der Waals surface area contributed by atoms with Gasteiger partial charge < -0.3 is 73.4 Å². The van der Waals surface area contributed by atoms with E-state index in [-0.39, 0.29) is 67.6 Å². The van der Waals surface area contributed by atoms with E-state index in [9.17, 15) is 14.7 Å². The summed E-state index contributed by atoms with van der Waals surface area (Å²) in [6.45, 7) is 11.4. The fraction of sp³-hybridized carbons (Fsp3) is 0.415. The second kappa shape index (κ2) is 46.3. The number of thioether (sulfide) groups is 1. The van der Waals surface area contributed by atoms with Crippen molar-refractivity contribution < 1.29 is 53.0 Å². The molecule has 0 spiro atoms. The molecule has 0 aliphatic carbocycles. The second-order valence-corrected chi connectivity index (χ2v) is 36.3. The van der Waals surface area contributed by atoms with Crippen LogP contribution < -0.4 is 53.6 Å². The van der Waals surface area contributed by atoms with Gasteiger partial charge in [0.15, 0.2) is 0 Å². The number of hydrogen-bond acceptors (Lipinski definition) is 15. The lowest BCUT2D eigenvalue weighted by molar-refractivity contribution is -0.136. The third-order valence-electron chi connectivity index (χ3n) is 21.5. The average molecular weight is 1690 g/mol. The van der Waals surface area contributed by atoms with Crippen LogP contribution in [0.3, 0.4) is 0 Å². The fourth-order valence-corrected chi connectivity index (χ4v) is 19.2. The molecule has 2 aromatic heterocycles. The van der Waals surface area contributed by atoms with Crippen LogP contribution in [0.15, 0.2) is 207 Å². The molecule has 1 unspecified atom stereocenters. The van der Waals surface area contributed by atoms with Gasteiger partial charge in [-0.15, -0.1) is 11.8 Å². The summed E-state index contributed by atoms with van der Waals surface area (Å²) in [6.07, 6.45) is 14.0. The van der Waals surface area contributed by atoms with Crippen molar-refractivity contribution in [3.05, 3.63) is 245 Å². The van der Waals surface area contributed by atoms with Crippen LogP contribution in [0.25, 0.3) is 21.8 Å². The molecule has 638 valence electrons. The number of ether oxygens (including phenoxy) is 1. The Bertz CT molecular complexity index is 4680. The molecule has 1 aliphatic rings. The van der Waals surface area contributed by atoms with E-state index in [0.29, 0.717) is 36.1 Å². The Balaban J connectivity index is 1.01. The normalized spacial score (nSPS) is 18.2. The minimum Gasteiger partial charge on any atom is -0.508 e. The van der Waals surface area contributed by atoms with Crippen molar-refractivity contribution in [2.75, 3.05) is 24.6 Å². The Morgan fingerprint density at radius 3 is 1.65 bits per heavy atom. The Hall–Kier alpha value is -10.5. The maximum atomic E-state index is 15.9. The van der Waals surface area contributed by atoms with Gasteiger partial charge in [-0.25, -0.2) is 4.79 Å². The molecule has 7 aromatic carbocycles. The van der Waals surface area contributed by atoms with Gasteiger partial charge in [0.25, 0.3) is 0 Å². The molecule has 1 saturated heterocycles. The first kappa shape index (κ1) is 91.8. The summed E-state index contributed by atoms with van der Waals surface area (Å²) in [7, 11) is 2.19. The maximum absolute atomic E-state index is 15.9. The summed E-state index contributed by atoms with van der Waals surface area (Å²) < 4.78 is 4.82. The van der Waals surface area contributed by atoms with E-state index in [1.165, 1.54) is 44.2 Å². The van der Waals surface area contributed by atoms with Crippen molar-refractivity contribution >= 4 is 109 Å². The summed E-state index contributed by atoms with van der Waals surface area (Å²) in [5.74, 6) is -7.24. The van der Waals surface area contributed by atoms with Crippen molar-refractivity contribution in [3.63, 3.8) is 0 Å².